The number of ether oxygens (including phenoxy) is 1. The summed E-state index contributed by atoms with van der Waals surface area (Å²) in [5.41, 5.74) is -3.73. The highest BCUT2D eigenvalue weighted by Gasteiger charge is 2.54. The summed E-state index contributed by atoms with van der Waals surface area (Å²) < 4.78 is 74.4. The lowest BCUT2D eigenvalue weighted by atomic mass is 9.49. The van der Waals surface area contributed by atoms with Gasteiger partial charge in [0.2, 0.25) is 0 Å². The van der Waals surface area contributed by atoms with Crippen molar-refractivity contribution in [3.63, 3.8) is 0 Å². The fourth-order valence-corrected chi connectivity index (χ4v) is 5.92. The van der Waals surface area contributed by atoms with Crippen LogP contribution in [-0.2, 0) is 22.1 Å². The van der Waals surface area contributed by atoms with Crippen LogP contribution in [0, 0.1) is 5.41 Å². The van der Waals surface area contributed by atoms with Gasteiger partial charge in [0, 0.05) is 16.4 Å². The Balaban J connectivity index is 1.54. The van der Waals surface area contributed by atoms with Crippen LogP contribution in [0.1, 0.15) is 43.5 Å². The number of hydrogen-bond acceptors (Lipinski definition) is 5. The molecule has 1 heterocycles. The van der Waals surface area contributed by atoms with Gasteiger partial charge in [-0.25, -0.2) is 4.98 Å². The van der Waals surface area contributed by atoms with Crippen molar-refractivity contribution in [1.82, 2.24) is 4.98 Å². The predicted octanol–water partition coefficient (Wildman–Crippen LogP) is 7.15. The van der Waals surface area contributed by atoms with E-state index in [0.29, 0.717) is 29.8 Å². The summed E-state index contributed by atoms with van der Waals surface area (Å²) in [4.78, 5) is 4.59. The average molecular weight is 542 g/mol. The molecule has 5 nitrogen and oxygen atoms in total. The smallest absolute Gasteiger partial charge is 0.487 e. The molecule has 0 saturated heterocycles. The third-order valence-corrected chi connectivity index (χ3v) is 7.85. The van der Waals surface area contributed by atoms with Crippen molar-refractivity contribution < 1.29 is 30.5 Å². The van der Waals surface area contributed by atoms with Crippen LogP contribution in [-0.4, -0.2) is 18.9 Å². The maximum absolute atomic E-state index is 13.2. The van der Waals surface area contributed by atoms with Gasteiger partial charge in [-0.15, -0.1) is 0 Å². The minimum absolute atomic E-state index is 0.109. The molecule has 3 aromatic carbocycles. The Kier molecular flexibility index (Phi) is 6.38. The lowest BCUT2D eigenvalue weighted by Gasteiger charge is -2.54. The highest BCUT2D eigenvalue weighted by atomic mass is 32.2. The topological polar surface area (TPSA) is 65.5 Å². The number of aromatic nitrogens is 1. The van der Waals surface area contributed by atoms with Crippen LogP contribution in [0.5, 0.6) is 11.5 Å². The Morgan fingerprint density at radius 3 is 2.26 bits per heavy atom. The summed E-state index contributed by atoms with van der Waals surface area (Å²) in [5.74, 6) is 0.00425. The number of halogens is 3. The van der Waals surface area contributed by atoms with E-state index < -0.39 is 21.0 Å². The highest BCUT2D eigenvalue weighted by molar-refractivity contribution is 7.88. The maximum atomic E-state index is 13.2. The Hall–Kier alpha value is -3.59. The summed E-state index contributed by atoms with van der Waals surface area (Å²) in [6.07, 6.45) is 1.17. The van der Waals surface area contributed by atoms with Crippen LogP contribution < -0.4 is 8.92 Å². The van der Waals surface area contributed by atoms with Gasteiger partial charge in [0.05, 0.1) is 11.2 Å². The largest absolute Gasteiger partial charge is 0.534 e. The van der Waals surface area contributed by atoms with Crippen LogP contribution >= 0.6 is 0 Å². The molecule has 0 spiro atoms. The van der Waals surface area contributed by atoms with Crippen LogP contribution in [0.15, 0.2) is 84.9 Å². The number of benzene rings is 3. The third-order valence-electron chi connectivity index (χ3n) is 6.88. The molecule has 1 aromatic heterocycles. The van der Waals surface area contributed by atoms with E-state index in [0.717, 1.165) is 16.5 Å². The highest BCUT2D eigenvalue weighted by Crippen LogP contribution is 2.61. The SMILES string of the molecule is CC1(C)CC(c2ccccc2)(c2cc(OCc3ccc4ccccc4n3)ccc2OS(=O)(=O)C(F)(F)F)C1. The van der Waals surface area contributed by atoms with Gasteiger partial charge >= 0.3 is 15.6 Å². The van der Waals surface area contributed by atoms with Gasteiger partial charge < -0.3 is 8.92 Å². The van der Waals surface area contributed by atoms with Crippen molar-refractivity contribution in [2.75, 3.05) is 0 Å². The maximum Gasteiger partial charge on any atom is 0.534 e. The second-order valence-corrected chi connectivity index (χ2v) is 11.9. The van der Waals surface area contributed by atoms with E-state index in [4.69, 9.17) is 8.92 Å². The summed E-state index contributed by atoms with van der Waals surface area (Å²) in [6.45, 7) is 4.25. The molecule has 1 aliphatic rings. The van der Waals surface area contributed by atoms with Crippen molar-refractivity contribution in [2.24, 2.45) is 5.41 Å². The van der Waals surface area contributed by atoms with Gasteiger partial charge in [-0.05, 0) is 54.2 Å². The Bertz CT molecular complexity index is 1580. The lowest BCUT2D eigenvalue weighted by Crippen LogP contribution is -2.47. The summed E-state index contributed by atoms with van der Waals surface area (Å²) in [7, 11) is -5.87. The molecule has 1 saturated carbocycles. The minimum Gasteiger partial charge on any atom is -0.487 e. The zero-order chi connectivity index (χ0) is 27.2. The molecule has 0 atom stereocenters. The van der Waals surface area contributed by atoms with Gasteiger partial charge in [0.1, 0.15) is 18.1 Å². The van der Waals surface area contributed by atoms with Crippen molar-refractivity contribution in [3.05, 3.63) is 102 Å². The van der Waals surface area contributed by atoms with Crippen molar-refractivity contribution in [1.29, 1.82) is 0 Å². The molecular formula is C29H26F3NO4S. The van der Waals surface area contributed by atoms with E-state index in [2.05, 4.69) is 18.8 Å². The molecule has 0 bridgehead atoms. The standard InChI is InChI=1S/C29H26F3NO4S/c1-27(2)18-28(19-27,21-9-4-3-5-10-21)24-16-23(14-15-26(24)37-38(34,35)29(30,31)32)36-17-22-13-12-20-8-6-7-11-25(20)33-22/h3-16H,17-19H2,1-2H3. The molecule has 5 rings (SSSR count). The number of fused-ring (bicyclic) bond motifs is 1. The van der Waals surface area contributed by atoms with Crippen LogP contribution in [0.2, 0.25) is 0 Å². The van der Waals surface area contributed by atoms with E-state index in [-0.39, 0.29) is 17.8 Å². The normalized spacial score (nSPS) is 16.6. The molecule has 198 valence electrons. The van der Waals surface area contributed by atoms with Gasteiger partial charge in [-0.3, -0.25) is 0 Å². The number of nitrogens with zero attached hydrogens (tertiary/aromatic N) is 1. The molecular weight excluding hydrogens is 515 g/mol. The third kappa shape index (κ3) is 4.95. The van der Waals surface area contributed by atoms with Gasteiger partial charge in [-0.1, -0.05) is 68.4 Å². The first-order chi connectivity index (χ1) is 17.9. The minimum atomic E-state index is -5.87. The molecule has 0 unspecified atom stereocenters. The Morgan fingerprint density at radius 1 is 0.895 bits per heavy atom. The van der Waals surface area contributed by atoms with Crippen molar-refractivity contribution >= 4 is 21.0 Å². The van der Waals surface area contributed by atoms with E-state index in [1.807, 2.05) is 66.7 Å². The molecule has 0 radical (unpaired) electrons. The number of hydrogen-bond donors (Lipinski definition) is 0. The fourth-order valence-electron chi connectivity index (χ4n) is 5.45. The van der Waals surface area contributed by atoms with Gasteiger partial charge in [0.15, 0.2) is 0 Å². The Labute approximate surface area is 219 Å². The number of alkyl halides is 3. The van der Waals surface area contributed by atoms with E-state index >= 15 is 0 Å². The van der Waals surface area contributed by atoms with E-state index in [1.165, 1.54) is 12.1 Å². The first-order valence-corrected chi connectivity index (χ1v) is 13.5. The van der Waals surface area contributed by atoms with Crippen molar-refractivity contribution in [3.8, 4) is 11.5 Å². The first-order valence-electron chi connectivity index (χ1n) is 12.1. The molecule has 9 heteroatoms. The summed E-state index contributed by atoms with van der Waals surface area (Å²) >= 11 is 0. The monoisotopic (exact) mass is 541 g/mol. The average Bonchev–Trinajstić information content (AvgIpc) is 2.86. The molecule has 1 aliphatic carbocycles. The zero-order valence-corrected chi connectivity index (χ0v) is 21.6. The van der Waals surface area contributed by atoms with Crippen LogP contribution in [0.3, 0.4) is 0 Å². The summed E-state index contributed by atoms with van der Waals surface area (Å²) in [6, 6.07) is 25.0. The van der Waals surface area contributed by atoms with E-state index in [9.17, 15) is 21.6 Å². The molecule has 38 heavy (non-hydrogen) atoms. The van der Waals surface area contributed by atoms with Crippen molar-refractivity contribution in [2.45, 2.75) is 44.2 Å². The first kappa shape index (κ1) is 26.0. The predicted molar refractivity (Wildman–Crippen MR) is 138 cm³/mol. The second kappa shape index (κ2) is 9.31. The van der Waals surface area contributed by atoms with E-state index in [1.54, 1.807) is 6.07 Å². The number of rotatable bonds is 7. The number of pyridine rings is 1. The molecule has 0 aliphatic heterocycles. The van der Waals surface area contributed by atoms with Gasteiger partial charge in [-0.2, -0.15) is 21.6 Å². The molecule has 4 aromatic rings. The fraction of sp³-hybridized carbons (Fsp3) is 0.276. The number of para-hydroxylation sites is 1. The second-order valence-electron chi connectivity index (χ2n) is 10.4. The molecule has 0 N–H and O–H groups in total. The molecule has 1 fully saturated rings. The van der Waals surface area contributed by atoms with Crippen LogP contribution in [0.25, 0.3) is 10.9 Å². The summed E-state index contributed by atoms with van der Waals surface area (Å²) in [5, 5.41) is 0.989. The van der Waals surface area contributed by atoms with Crippen LogP contribution in [0.4, 0.5) is 13.2 Å². The zero-order valence-electron chi connectivity index (χ0n) is 20.8. The quantitative estimate of drug-likeness (QED) is 0.184. The lowest BCUT2D eigenvalue weighted by molar-refractivity contribution is -0.0501. The van der Waals surface area contributed by atoms with Gasteiger partial charge in [0.25, 0.3) is 0 Å². The molecule has 0 amide bonds. The Morgan fingerprint density at radius 2 is 1.58 bits per heavy atom.